The zero-order valence-electron chi connectivity index (χ0n) is 11.1. The summed E-state index contributed by atoms with van der Waals surface area (Å²) in [5.74, 6) is 0.741. The van der Waals surface area contributed by atoms with Crippen LogP contribution >= 0.6 is 0 Å². The third-order valence-electron chi connectivity index (χ3n) is 3.49. The van der Waals surface area contributed by atoms with Gasteiger partial charge < -0.3 is 10.0 Å². The second kappa shape index (κ2) is 4.92. The fraction of sp³-hybridized carbons (Fsp3) is 0.615. The fourth-order valence-corrected chi connectivity index (χ4v) is 2.43. The highest BCUT2D eigenvalue weighted by Gasteiger charge is 2.35. The first kappa shape index (κ1) is 12.8. The molecule has 1 fully saturated rings. The van der Waals surface area contributed by atoms with Gasteiger partial charge in [0.25, 0.3) is 0 Å². The van der Waals surface area contributed by atoms with Gasteiger partial charge in [-0.3, -0.25) is 4.79 Å². The van der Waals surface area contributed by atoms with Gasteiger partial charge >= 0.3 is 5.97 Å². The smallest absolute Gasteiger partial charge is 0.308 e. The molecule has 1 aliphatic rings. The average Bonchev–Trinajstić information content (AvgIpc) is 2.70. The number of aliphatic carboxylic acids is 1. The molecule has 0 bridgehead atoms. The Labute approximate surface area is 107 Å². The van der Waals surface area contributed by atoms with Crippen LogP contribution in [0.2, 0.25) is 0 Å². The van der Waals surface area contributed by atoms with Gasteiger partial charge in [-0.1, -0.05) is 13.8 Å². The predicted molar refractivity (Wildman–Crippen MR) is 68.6 cm³/mol. The van der Waals surface area contributed by atoms with Crippen molar-refractivity contribution in [1.82, 2.24) is 9.97 Å². The van der Waals surface area contributed by atoms with Crippen molar-refractivity contribution in [3.63, 3.8) is 0 Å². The van der Waals surface area contributed by atoms with Crippen molar-refractivity contribution in [3.8, 4) is 0 Å². The SMILES string of the molecule is CCc1cc(N2CC(C)C(C(=O)O)C2)nc(C)n1. The predicted octanol–water partition coefficient (Wildman–Crippen LogP) is 1.50. The topological polar surface area (TPSA) is 66.3 Å². The average molecular weight is 249 g/mol. The third kappa shape index (κ3) is 2.44. The van der Waals surface area contributed by atoms with E-state index < -0.39 is 5.97 Å². The third-order valence-corrected chi connectivity index (χ3v) is 3.49. The largest absolute Gasteiger partial charge is 0.481 e. The molecule has 0 amide bonds. The summed E-state index contributed by atoms with van der Waals surface area (Å²) < 4.78 is 0. The molecule has 5 nitrogen and oxygen atoms in total. The van der Waals surface area contributed by atoms with Crippen LogP contribution in [0.1, 0.15) is 25.4 Å². The molecule has 0 aliphatic carbocycles. The van der Waals surface area contributed by atoms with E-state index in [1.54, 1.807) is 0 Å². The van der Waals surface area contributed by atoms with Crippen molar-refractivity contribution >= 4 is 11.8 Å². The second-order valence-electron chi connectivity index (χ2n) is 4.95. The number of carbonyl (C=O) groups is 1. The van der Waals surface area contributed by atoms with E-state index in [0.29, 0.717) is 6.54 Å². The van der Waals surface area contributed by atoms with Crippen LogP contribution < -0.4 is 4.90 Å². The minimum Gasteiger partial charge on any atom is -0.481 e. The van der Waals surface area contributed by atoms with Gasteiger partial charge in [0.05, 0.1) is 5.92 Å². The highest BCUT2D eigenvalue weighted by atomic mass is 16.4. The van der Waals surface area contributed by atoms with E-state index >= 15 is 0 Å². The molecule has 1 aromatic rings. The maximum atomic E-state index is 11.1. The molecule has 0 saturated carbocycles. The van der Waals surface area contributed by atoms with Gasteiger partial charge in [0.2, 0.25) is 0 Å². The maximum absolute atomic E-state index is 11.1. The molecule has 98 valence electrons. The maximum Gasteiger partial charge on any atom is 0.308 e. The Morgan fingerprint density at radius 3 is 2.78 bits per heavy atom. The van der Waals surface area contributed by atoms with Gasteiger partial charge in [-0.05, 0) is 19.3 Å². The molecule has 2 rings (SSSR count). The second-order valence-corrected chi connectivity index (χ2v) is 4.95. The molecule has 0 spiro atoms. The van der Waals surface area contributed by atoms with E-state index in [1.807, 2.05) is 19.9 Å². The molecule has 2 unspecified atom stereocenters. The van der Waals surface area contributed by atoms with Crippen LogP contribution in [0.25, 0.3) is 0 Å². The van der Waals surface area contributed by atoms with E-state index in [4.69, 9.17) is 5.11 Å². The molecule has 0 aromatic carbocycles. The lowest BCUT2D eigenvalue weighted by atomic mass is 9.99. The summed E-state index contributed by atoms with van der Waals surface area (Å²) in [6.45, 7) is 7.19. The molecular formula is C13H19N3O2. The molecule has 5 heteroatoms. The highest BCUT2D eigenvalue weighted by molar-refractivity contribution is 5.72. The minimum absolute atomic E-state index is 0.155. The first-order chi connectivity index (χ1) is 8.51. The summed E-state index contributed by atoms with van der Waals surface area (Å²) in [6, 6.07) is 1.96. The number of aromatic nitrogens is 2. The minimum atomic E-state index is -0.716. The first-order valence-electron chi connectivity index (χ1n) is 6.33. The lowest BCUT2D eigenvalue weighted by Gasteiger charge is -2.18. The highest BCUT2D eigenvalue weighted by Crippen LogP contribution is 2.27. The molecular weight excluding hydrogens is 230 g/mol. The van der Waals surface area contributed by atoms with Crippen molar-refractivity contribution in [2.45, 2.75) is 27.2 Å². The molecule has 1 saturated heterocycles. The van der Waals surface area contributed by atoms with Crippen LogP contribution in [0.3, 0.4) is 0 Å². The normalized spacial score (nSPS) is 23.4. The number of aryl methyl sites for hydroxylation is 2. The summed E-state index contributed by atoms with van der Waals surface area (Å²) >= 11 is 0. The van der Waals surface area contributed by atoms with Crippen molar-refractivity contribution in [1.29, 1.82) is 0 Å². The Morgan fingerprint density at radius 1 is 1.50 bits per heavy atom. The van der Waals surface area contributed by atoms with E-state index in [-0.39, 0.29) is 11.8 Å². The summed E-state index contributed by atoms with van der Waals surface area (Å²) in [5.41, 5.74) is 1.00. The summed E-state index contributed by atoms with van der Waals surface area (Å²) in [6.07, 6.45) is 0.863. The number of hydrogen-bond donors (Lipinski definition) is 1. The Kier molecular flexibility index (Phi) is 3.50. The van der Waals surface area contributed by atoms with E-state index in [2.05, 4.69) is 21.8 Å². The first-order valence-corrected chi connectivity index (χ1v) is 6.33. The molecule has 1 aliphatic heterocycles. The molecule has 1 aromatic heterocycles. The lowest BCUT2D eigenvalue weighted by molar-refractivity contribution is -0.142. The zero-order chi connectivity index (χ0) is 13.3. The molecule has 18 heavy (non-hydrogen) atoms. The molecule has 2 heterocycles. The van der Waals surface area contributed by atoms with Crippen LogP contribution in [0.5, 0.6) is 0 Å². The Balaban J connectivity index is 2.23. The van der Waals surface area contributed by atoms with Gasteiger partial charge in [-0.15, -0.1) is 0 Å². The molecule has 2 atom stereocenters. The van der Waals surface area contributed by atoms with E-state index in [1.165, 1.54) is 0 Å². The number of rotatable bonds is 3. The van der Waals surface area contributed by atoms with Crippen molar-refractivity contribution < 1.29 is 9.90 Å². The number of carboxylic acids is 1. The van der Waals surface area contributed by atoms with Crippen LogP contribution in [0, 0.1) is 18.8 Å². The van der Waals surface area contributed by atoms with Gasteiger partial charge in [0, 0.05) is 24.8 Å². The Morgan fingerprint density at radius 2 is 2.22 bits per heavy atom. The monoisotopic (exact) mass is 249 g/mol. The van der Waals surface area contributed by atoms with Crippen LogP contribution in [-0.4, -0.2) is 34.1 Å². The Hall–Kier alpha value is -1.65. The van der Waals surface area contributed by atoms with Crippen molar-refractivity contribution in [3.05, 3.63) is 17.6 Å². The van der Waals surface area contributed by atoms with Gasteiger partial charge in [-0.25, -0.2) is 9.97 Å². The Bertz CT molecular complexity index is 462. The molecule has 1 N–H and O–H groups in total. The van der Waals surface area contributed by atoms with Gasteiger partial charge in [0.15, 0.2) is 0 Å². The quantitative estimate of drug-likeness (QED) is 0.879. The van der Waals surface area contributed by atoms with Gasteiger partial charge in [-0.2, -0.15) is 0 Å². The lowest BCUT2D eigenvalue weighted by Crippen LogP contribution is -2.24. The zero-order valence-corrected chi connectivity index (χ0v) is 11.1. The molecule has 0 radical (unpaired) electrons. The fourth-order valence-electron chi connectivity index (χ4n) is 2.43. The number of nitrogens with zero attached hydrogens (tertiary/aromatic N) is 3. The van der Waals surface area contributed by atoms with Crippen LogP contribution in [-0.2, 0) is 11.2 Å². The van der Waals surface area contributed by atoms with Crippen LogP contribution in [0.4, 0.5) is 5.82 Å². The number of carboxylic acid groups (broad SMARTS) is 1. The summed E-state index contributed by atoms with van der Waals surface area (Å²) in [5, 5.41) is 9.14. The van der Waals surface area contributed by atoms with Crippen molar-refractivity contribution in [2.75, 3.05) is 18.0 Å². The van der Waals surface area contributed by atoms with Crippen molar-refractivity contribution in [2.24, 2.45) is 11.8 Å². The van der Waals surface area contributed by atoms with E-state index in [0.717, 1.165) is 30.3 Å². The summed E-state index contributed by atoms with van der Waals surface area (Å²) in [7, 11) is 0. The standard InChI is InChI=1S/C13H19N3O2/c1-4-10-5-12(15-9(3)14-10)16-6-8(2)11(7-16)13(17)18/h5,8,11H,4,6-7H2,1-3H3,(H,17,18). The van der Waals surface area contributed by atoms with E-state index in [9.17, 15) is 4.79 Å². The number of anilines is 1. The van der Waals surface area contributed by atoms with Crippen LogP contribution in [0.15, 0.2) is 6.07 Å². The summed E-state index contributed by atoms with van der Waals surface area (Å²) in [4.78, 5) is 21.9. The van der Waals surface area contributed by atoms with Gasteiger partial charge in [0.1, 0.15) is 11.6 Å². The number of hydrogen-bond acceptors (Lipinski definition) is 4.